The number of hydrogen-bond acceptors (Lipinski definition) is 19. The Morgan fingerprint density at radius 1 is 0.727 bits per heavy atom. The van der Waals surface area contributed by atoms with Gasteiger partial charge in [-0.2, -0.15) is 5.10 Å². The molecule has 1 radical (unpaired) electrons. The van der Waals surface area contributed by atoms with E-state index in [0.29, 0.717) is 111 Å². The molecular weight excluding hydrogens is 1290 g/mol. The molecule has 4 aliphatic carbocycles. The van der Waals surface area contributed by atoms with Crippen molar-refractivity contribution in [3.05, 3.63) is 131 Å². The van der Waals surface area contributed by atoms with Crippen LogP contribution in [0.25, 0.3) is 21.3 Å². The van der Waals surface area contributed by atoms with E-state index in [0.717, 1.165) is 70.5 Å². The number of aromatic carboxylic acids is 1. The van der Waals surface area contributed by atoms with Crippen molar-refractivity contribution in [3.8, 4) is 11.1 Å². The number of nitrogens with zero attached hydrogens (tertiary/aromatic N) is 7. The van der Waals surface area contributed by atoms with E-state index in [9.17, 15) is 43.5 Å². The van der Waals surface area contributed by atoms with E-state index in [-0.39, 0.29) is 111 Å². The lowest BCUT2D eigenvalue weighted by atomic mass is 9.39. The molecule has 27 heteroatoms. The van der Waals surface area contributed by atoms with E-state index in [1.54, 1.807) is 31.4 Å². The normalized spacial score (nSPS) is 20.5. The Balaban J connectivity index is 0.569. The van der Waals surface area contributed by atoms with Crippen molar-refractivity contribution in [1.82, 2.24) is 40.2 Å². The molecule has 4 saturated carbocycles. The number of hydrogen-bond donors (Lipinski definition) is 5. The number of anilines is 3. The molecular formula is C72H86N11O15S. The van der Waals surface area contributed by atoms with Crippen molar-refractivity contribution in [3.63, 3.8) is 0 Å². The minimum Gasteiger partial charge on any atom is -0.476 e. The first-order valence-electron chi connectivity index (χ1n) is 33.7. The minimum atomic E-state index is -1.15. The fourth-order valence-electron chi connectivity index (χ4n) is 15.6. The molecule has 4 bridgehead atoms. The number of fused-ring (bicyclic) bond motifs is 2. The van der Waals surface area contributed by atoms with Crippen LogP contribution in [0.3, 0.4) is 0 Å². The zero-order valence-electron chi connectivity index (χ0n) is 56.5. The van der Waals surface area contributed by atoms with Crippen LogP contribution in [0.4, 0.5) is 21.4 Å². The average Bonchev–Trinajstić information content (AvgIpc) is 0.775. The van der Waals surface area contributed by atoms with Crippen molar-refractivity contribution in [2.45, 2.75) is 110 Å². The summed E-state index contributed by atoms with van der Waals surface area (Å²) in [5, 5.41) is 27.4. The van der Waals surface area contributed by atoms with E-state index >= 15 is 0 Å². The van der Waals surface area contributed by atoms with Gasteiger partial charge in [0.2, 0.25) is 17.7 Å². The van der Waals surface area contributed by atoms with Crippen LogP contribution in [-0.4, -0.2) is 187 Å². The van der Waals surface area contributed by atoms with Crippen molar-refractivity contribution in [1.29, 1.82) is 0 Å². The summed E-state index contributed by atoms with van der Waals surface area (Å²) in [5.41, 5.74) is 5.80. The number of amides is 7. The number of ether oxygens (including phenoxy) is 6. The number of benzene rings is 3. The van der Waals surface area contributed by atoms with E-state index in [1.807, 2.05) is 71.1 Å². The van der Waals surface area contributed by atoms with Crippen LogP contribution in [0.1, 0.15) is 115 Å². The summed E-state index contributed by atoms with van der Waals surface area (Å²) >= 11 is 1.42. The third-order valence-corrected chi connectivity index (χ3v) is 19.9. The van der Waals surface area contributed by atoms with Gasteiger partial charge >= 0.3 is 12.1 Å². The smallest absolute Gasteiger partial charge is 0.409 e. The number of carboxylic acids is 1. The Hall–Kier alpha value is -8.99. The zero-order chi connectivity index (χ0) is 69.7. The monoisotopic (exact) mass is 1380 g/mol. The maximum atomic E-state index is 13.8. The third kappa shape index (κ3) is 18.3. The summed E-state index contributed by atoms with van der Waals surface area (Å²) in [5.74, 6) is -2.62. The van der Waals surface area contributed by atoms with Gasteiger partial charge in [0, 0.05) is 118 Å². The topological polar surface area (TPSA) is 314 Å². The van der Waals surface area contributed by atoms with Crippen LogP contribution in [0.15, 0.2) is 91.1 Å². The molecule has 2 atom stereocenters. The molecule has 12 rings (SSSR count). The van der Waals surface area contributed by atoms with Crippen LogP contribution >= 0.6 is 11.3 Å². The number of rotatable bonds is 35. The van der Waals surface area contributed by atoms with Crippen LogP contribution in [0.5, 0.6) is 0 Å². The first kappa shape index (κ1) is 71.3. The SMILES string of the molecule is Cc1c(-c2ccc(N3CCc4cccc(C(=O)Nc5nc6ccccc6s5)c4C3)nc2C(=O)O)cnn1CC12CC3(C)CC(C)(C1)CC(OCCN(C)C(=O)OCc1cc[c]c(NC(=O)CCNC(=O)CCOCCOCCOCCOCCNC(=O)CCN4C(=O)C=CC4=O)c1)(C3)C2. The summed E-state index contributed by atoms with van der Waals surface area (Å²) in [6.45, 7) is 11.8. The molecule has 525 valence electrons. The van der Waals surface area contributed by atoms with Gasteiger partial charge < -0.3 is 59.3 Å². The number of carbonyl (C=O) groups is 8. The number of carboxylic acid groups (broad SMARTS) is 1. The standard InChI is InChI=1S/C72H86N11O15S/c1-48-54(52-15-16-58(78-64(52)66(90)91)81-25-20-50-10-8-12-53(55(50)39-81)65(89)79-67-77-56-13-5-6-14-57(56)99-67)38-75-83(48)47-71-42-69(2)41-70(3,43-71)45-72(44-69,46-71)98-30-27-80(4)68(92)97-40-49-9-7-11-51(37-49)76-61(86)19-23-73-60(85)22-28-93-31-33-95-35-36-96-34-32-94-29-24-74-59(84)21-26-82-62(87)17-18-63(82)88/h5-10,12-18,37-38H,19-36,39-47H2,1-4H3,(H,73,85)(H,74,84)(H,76,86)(H,90,91)(H,77,79,89). The molecule has 3 aromatic carbocycles. The highest BCUT2D eigenvalue weighted by Gasteiger charge is 2.66. The number of thiazole rings is 1. The second-order valence-electron chi connectivity index (χ2n) is 27.1. The van der Waals surface area contributed by atoms with Gasteiger partial charge in [-0.25, -0.2) is 19.6 Å². The van der Waals surface area contributed by atoms with Crippen LogP contribution in [0, 0.1) is 29.2 Å². The number of imide groups is 1. The third-order valence-electron chi connectivity index (χ3n) is 18.9. The Morgan fingerprint density at radius 3 is 2.17 bits per heavy atom. The Morgan fingerprint density at radius 2 is 1.43 bits per heavy atom. The molecule has 3 aromatic heterocycles. The number of aromatic nitrogens is 4. The molecule has 26 nitrogen and oxygen atoms in total. The fourth-order valence-corrected chi connectivity index (χ4v) is 16.5. The van der Waals surface area contributed by atoms with Crippen LogP contribution < -0.4 is 26.2 Å². The highest BCUT2D eigenvalue weighted by Crippen LogP contribution is 2.72. The van der Waals surface area contributed by atoms with Gasteiger partial charge in [0.1, 0.15) is 12.4 Å². The summed E-state index contributed by atoms with van der Waals surface area (Å²) in [6.07, 6.45) is 10.2. The molecule has 5 N–H and O–H groups in total. The molecule has 6 aromatic rings. The van der Waals surface area contributed by atoms with Gasteiger partial charge in [-0.1, -0.05) is 61.6 Å². The number of nitrogens with one attached hydrogen (secondary N) is 4. The van der Waals surface area contributed by atoms with Crippen molar-refractivity contribution in [2.75, 3.05) is 115 Å². The van der Waals surface area contributed by atoms with Gasteiger partial charge in [0.25, 0.3) is 17.7 Å². The van der Waals surface area contributed by atoms with Gasteiger partial charge in [-0.3, -0.25) is 43.7 Å². The lowest BCUT2D eigenvalue weighted by Gasteiger charge is -2.69. The summed E-state index contributed by atoms with van der Waals surface area (Å²) in [4.78, 5) is 114. The molecule has 99 heavy (non-hydrogen) atoms. The second-order valence-corrected chi connectivity index (χ2v) is 28.2. The van der Waals surface area contributed by atoms with Gasteiger partial charge in [-0.15, -0.1) is 0 Å². The molecule has 0 spiro atoms. The first-order valence-corrected chi connectivity index (χ1v) is 34.5. The van der Waals surface area contributed by atoms with E-state index in [4.69, 9.17) is 38.5 Å². The molecule has 4 fully saturated rings. The van der Waals surface area contributed by atoms with E-state index in [2.05, 4.69) is 46.2 Å². The Kier molecular flexibility index (Phi) is 23.0. The second kappa shape index (κ2) is 31.9. The highest BCUT2D eigenvalue weighted by atomic mass is 32.1. The van der Waals surface area contributed by atoms with E-state index in [1.165, 1.54) is 28.4 Å². The van der Waals surface area contributed by atoms with Crippen molar-refractivity contribution < 1.29 is 71.9 Å². The summed E-state index contributed by atoms with van der Waals surface area (Å²) in [6, 6.07) is 25.2. The average molecular weight is 1380 g/mol. The quantitative estimate of drug-likeness (QED) is 0.0186. The largest absolute Gasteiger partial charge is 0.476 e. The maximum Gasteiger partial charge on any atom is 0.409 e. The lowest BCUT2D eigenvalue weighted by molar-refractivity contribution is -0.248. The summed E-state index contributed by atoms with van der Waals surface area (Å²) in [7, 11) is 1.68. The fraction of sp³-hybridized carbons (Fsp3) is 0.486. The molecule has 5 heterocycles. The molecule has 0 saturated heterocycles. The number of pyridine rings is 1. The zero-order valence-corrected chi connectivity index (χ0v) is 57.3. The first-order chi connectivity index (χ1) is 47.6. The van der Waals surface area contributed by atoms with Crippen LogP contribution in [-0.2, 0) is 78.5 Å². The van der Waals surface area contributed by atoms with E-state index < -0.39 is 29.5 Å². The predicted octanol–water partition coefficient (Wildman–Crippen LogP) is 7.91. The van der Waals surface area contributed by atoms with Crippen molar-refractivity contribution >= 4 is 85.7 Å². The number of likely N-dealkylation sites (N-methyl/N-ethyl adjacent to an activating group) is 1. The van der Waals surface area contributed by atoms with Gasteiger partial charge in [0.15, 0.2) is 10.8 Å². The number of carbonyl (C=O) groups excluding carboxylic acids is 7. The molecule has 7 amide bonds. The van der Waals surface area contributed by atoms with Gasteiger partial charge in [0.05, 0.1) is 81.5 Å². The minimum absolute atomic E-state index is 0.0151. The van der Waals surface area contributed by atoms with Gasteiger partial charge in [-0.05, 0) is 121 Å². The van der Waals surface area contributed by atoms with Crippen molar-refractivity contribution in [2.24, 2.45) is 16.2 Å². The van der Waals surface area contributed by atoms with Crippen LogP contribution in [0.2, 0.25) is 0 Å². The Bertz CT molecular complexity index is 3930. The molecule has 2 aliphatic heterocycles. The lowest BCUT2D eigenvalue weighted by Crippen LogP contribution is -2.64. The Labute approximate surface area is 578 Å². The maximum absolute atomic E-state index is 13.8. The molecule has 6 aliphatic rings. The highest BCUT2D eigenvalue weighted by molar-refractivity contribution is 7.22. The predicted molar refractivity (Wildman–Crippen MR) is 367 cm³/mol. The summed E-state index contributed by atoms with van der Waals surface area (Å²) < 4.78 is 37.6. The number of para-hydroxylation sites is 1. The molecule has 2 unspecified atom stereocenters.